The minimum atomic E-state index is 0.418. The fraction of sp³-hybridized carbons (Fsp3) is 1.00. The number of hydrogen-bond donors (Lipinski definition) is 1. The van der Waals surface area contributed by atoms with Gasteiger partial charge in [0, 0.05) is 0 Å². The fourth-order valence-corrected chi connectivity index (χ4v) is 7.96. The van der Waals surface area contributed by atoms with E-state index in [4.69, 9.17) is 0 Å². The molecule has 9 atom stereocenters. The van der Waals surface area contributed by atoms with Gasteiger partial charge in [0.25, 0.3) is 0 Å². The lowest BCUT2D eigenvalue weighted by atomic mass is 9.51. The van der Waals surface area contributed by atoms with Gasteiger partial charge < -0.3 is 0 Å². The first-order valence-corrected chi connectivity index (χ1v) is 15.3. The molecule has 0 aliphatic heterocycles. The first-order valence-electron chi connectivity index (χ1n) is 14.6. The van der Waals surface area contributed by atoms with Crippen LogP contribution in [0.15, 0.2) is 0 Å². The zero-order chi connectivity index (χ0) is 25.9. The van der Waals surface area contributed by atoms with Crippen LogP contribution in [0.4, 0.5) is 0 Å². The second-order valence-corrected chi connectivity index (χ2v) is 14.8. The molecule has 0 saturated heterocycles. The standard InChI is InChI=1S/C32H64S/c1-20(2)31(14,15-23(7)26(10)29(13)27(11)25(9)19-33)17-30-18-32(21(3)4,22(5)6)16-24(8)28(30)12/h20-30,33H,15-19H2,1-14H3. The van der Waals surface area contributed by atoms with E-state index in [1.165, 1.54) is 25.7 Å². The lowest BCUT2D eigenvalue weighted by Gasteiger charge is -2.54. The smallest absolute Gasteiger partial charge is 0.00695 e. The van der Waals surface area contributed by atoms with Crippen LogP contribution in [0.1, 0.15) is 123 Å². The molecule has 0 bridgehead atoms. The lowest BCUT2D eigenvalue weighted by molar-refractivity contribution is -0.0470. The van der Waals surface area contributed by atoms with Gasteiger partial charge in [0.15, 0.2) is 0 Å². The highest BCUT2D eigenvalue weighted by Crippen LogP contribution is 2.57. The summed E-state index contributed by atoms with van der Waals surface area (Å²) in [5.41, 5.74) is 0.932. The summed E-state index contributed by atoms with van der Waals surface area (Å²) >= 11 is 4.60. The topological polar surface area (TPSA) is 0 Å². The Morgan fingerprint density at radius 1 is 0.758 bits per heavy atom. The summed E-state index contributed by atoms with van der Waals surface area (Å²) in [6.07, 6.45) is 5.63. The molecule has 1 rings (SSSR count). The van der Waals surface area contributed by atoms with Crippen LogP contribution in [0.5, 0.6) is 0 Å². The minimum Gasteiger partial charge on any atom is -0.179 e. The summed E-state index contributed by atoms with van der Waals surface area (Å²) in [4.78, 5) is 0. The van der Waals surface area contributed by atoms with Gasteiger partial charge in [-0.1, -0.05) is 96.9 Å². The van der Waals surface area contributed by atoms with E-state index in [1.807, 2.05) is 0 Å². The van der Waals surface area contributed by atoms with Crippen LogP contribution in [-0.4, -0.2) is 5.75 Å². The molecule has 0 aromatic heterocycles. The third-order valence-electron chi connectivity index (χ3n) is 11.9. The fourth-order valence-electron chi connectivity index (χ4n) is 7.63. The van der Waals surface area contributed by atoms with E-state index >= 15 is 0 Å². The molecule has 33 heavy (non-hydrogen) atoms. The number of rotatable bonds is 12. The third kappa shape index (κ3) is 7.20. The van der Waals surface area contributed by atoms with Crippen molar-refractivity contribution in [2.24, 2.45) is 75.9 Å². The zero-order valence-electron chi connectivity index (χ0n) is 25.3. The van der Waals surface area contributed by atoms with E-state index in [9.17, 15) is 0 Å². The lowest BCUT2D eigenvalue weighted by Crippen LogP contribution is -2.46. The number of hydrogen-bond acceptors (Lipinski definition) is 1. The molecular weight excluding hydrogens is 416 g/mol. The van der Waals surface area contributed by atoms with Crippen LogP contribution >= 0.6 is 12.6 Å². The molecule has 1 aliphatic carbocycles. The van der Waals surface area contributed by atoms with Gasteiger partial charge in [-0.25, -0.2) is 0 Å². The summed E-state index contributed by atoms with van der Waals surface area (Å²) in [6.45, 7) is 35.2. The van der Waals surface area contributed by atoms with Crippen molar-refractivity contribution in [3.63, 3.8) is 0 Å². The summed E-state index contributed by atoms with van der Waals surface area (Å²) in [7, 11) is 0. The Labute approximate surface area is 216 Å². The van der Waals surface area contributed by atoms with Crippen molar-refractivity contribution in [3.8, 4) is 0 Å². The maximum atomic E-state index is 4.60. The Kier molecular flexibility index (Phi) is 11.9. The molecule has 198 valence electrons. The van der Waals surface area contributed by atoms with Crippen molar-refractivity contribution in [1.29, 1.82) is 0 Å². The summed E-state index contributed by atoms with van der Waals surface area (Å²) in [5, 5.41) is 0. The molecule has 1 fully saturated rings. The Morgan fingerprint density at radius 2 is 1.24 bits per heavy atom. The normalized spacial score (nSPS) is 30.2. The Bertz CT molecular complexity index is 555. The summed E-state index contributed by atoms with van der Waals surface area (Å²) < 4.78 is 0. The predicted molar refractivity (Wildman–Crippen MR) is 155 cm³/mol. The van der Waals surface area contributed by atoms with Crippen LogP contribution in [0.2, 0.25) is 0 Å². The number of thiol groups is 1. The van der Waals surface area contributed by atoms with Crippen molar-refractivity contribution in [1.82, 2.24) is 0 Å². The Morgan fingerprint density at radius 3 is 1.67 bits per heavy atom. The van der Waals surface area contributed by atoms with Crippen LogP contribution in [0.25, 0.3) is 0 Å². The maximum Gasteiger partial charge on any atom is -0.00695 e. The van der Waals surface area contributed by atoms with Crippen LogP contribution in [0.3, 0.4) is 0 Å². The van der Waals surface area contributed by atoms with Crippen LogP contribution in [0, 0.1) is 75.9 Å². The van der Waals surface area contributed by atoms with Crippen molar-refractivity contribution < 1.29 is 0 Å². The predicted octanol–water partition coefficient (Wildman–Crippen LogP) is 10.5. The van der Waals surface area contributed by atoms with Crippen molar-refractivity contribution in [2.45, 2.75) is 123 Å². The third-order valence-corrected chi connectivity index (χ3v) is 12.5. The molecule has 9 unspecified atom stereocenters. The van der Waals surface area contributed by atoms with Crippen molar-refractivity contribution in [2.75, 3.05) is 5.75 Å². The molecule has 0 nitrogen and oxygen atoms in total. The zero-order valence-corrected chi connectivity index (χ0v) is 26.2. The minimum absolute atomic E-state index is 0.418. The monoisotopic (exact) mass is 480 g/mol. The molecule has 1 saturated carbocycles. The summed E-state index contributed by atoms with van der Waals surface area (Å²) in [5.74, 6) is 9.52. The van der Waals surface area contributed by atoms with Gasteiger partial charge in [0.1, 0.15) is 0 Å². The van der Waals surface area contributed by atoms with Gasteiger partial charge in [-0.3, -0.25) is 0 Å². The molecule has 0 aromatic rings. The van der Waals surface area contributed by atoms with Gasteiger partial charge in [0.2, 0.25) is 0 Å². The van der Waals surface area contributed by atoms with E-state index < -0.39 is 0 Å². The highest BCUT2D eigenvalue weighted by Gasteiger charge is 2.48. The van der Waals surface area contributed by atoms with Crippen LogP contribution in [-0.2, 0) is 0 Å². The highest BCUT2D eigenvalue weighted by molar-refractivity contribution is 7.80. The Balaban J connectivity index is 3.10. The first kappa shape index (κ1) is 31.4. The van der Waals surface area contributed by atoms with Gasteiger partial charge in [0.05, 0.1) is 0 Å². The molecule has 0 heterocycles. The average molecular weight is 481 g/mol. The van der Waals surface area contributed by atoms with E-state index in [1.54, 1.807) is 0 Å². The van der Waals surface area contributed by atoms with Crippen molar-refractivity contribution >= 4 is 12.6 Å². The van der Waals surface area contributed by atoms with Crippen LogP contribution < -0.4 is 0 Å². The molecule has 1 heteroatoms. The second kappa shape index (κ2) is 12.5. The maximum absolute atomic E-state index is 4.60. The molecular formula is C32H64S. The largest absolute Gasteiger partial charge is 0.179 e. The quantitative estimate of drug-likeness (QED) is 0.264. The van der Waals surface area contributed by atoms with E-state index in [-0.39, 0.29) is 0 Å². The van der Waals surface area contributed by atoms with Gasteiger partial charge in [-0.05, 0) is 107 Å². The molecule has 0 radical (unpaired) electrons. The SMILES string of the molecule is CC1CC(C(C)C)(C(C)C)CC(CC(C)(CC(C)C(C)C(C)C(C)C(C)CS)C(C)C)C1C. The highest BCUT2D eigenvalue weighted by atomic mass is 32.1. The van der Waals surface area contributed by atoms with Gasteiger partial charge in [-0.2, -0.15) is 12.6 Å². The first-order chi connectivity index (χ1) is 15.0. The van der Waals surface area contributed by atoms with Gasteiger partial charge in [-0.15, -0.1) is 0 Å². The molecule has 0 spiro atoms. The second-order valence-electron chi connectivity index (χ2n) is 14.5. The Hall–Kier alpha value is 0.350. The molecule has 1 aliphatic rings. The molecule has 0 aromatic carbocycles. The summed E-state index contributed by atoms with van der Waals surface area (Å²) in [6, 6.07) is 0. The van der Waals surface area contributed by atoms with Gasteiger partial charge >= 0.3 is 0 Å². The van der Waals surface area contributed by atoms with E-state index in [2.05, 4.69) is 110 Å². The van der Waals surface area contributed by atoms with E-state index in [0.29, 0.717) is 16.7 Å². The molecule has 0 N–H and O–H groups in total. The van der Waals surface area contributed by atoms with E-state index in [0.717, 1.165) is 64.9 Å². The van der Waals surface area contributed by atoms with Crippen molar-refractivity contribution in [3.05, 3.63) is 0 Å². The molecule has 0 amide bonds. The average Bonchev–Trinajstić information content (AvgIpc) is 2.73.